The highest BCUT2D eigenvalue weighted by atomic mass is 79.9. The van der Waals surface area contributed by atoms with E-state index in [0.717, 1.165) is 30.3 Å². The summed E-state index contributed by atoms with van der Waals surface area (Å²) in [7, 11) is -3.56. The van der Waals surface area contributed by atoms with E-state index in [1.807, 2.05) is 4.90 Å². The topological polar surface area (TPSA) is 66.5 Å². The van der Waals surface area contributed by atoms with Gasteiger partial charge in [-0.05, 0) is 49.9 Å². The Morgan fingerprint density at radius 2 is 2.00 bits per heavy atom. The third kappa shape index (κ3) is 5.02. The number of sulfonamides is 1. The van der Waals surface area contributed by atoms with Crippen LogP contribution in [0.5, 0.6) is 0 Å². The van der Waals surface area contributed by atoms with Crippen LogP contribution in [0.2, 0.25) is 0 Å². The van der Waals surface area contributed by atoms with Gasteiger partial charge in [0.2, 0.25) is 15.9 Å². The molecule has 128 valence electrons. The van der Waals surface area contributed by atoms with Crippen LogP contribution in [0.3, 0.4) is 0 Å². The highest BCUT2D eigenvalue weighted by Gasteiger charge is 2.25. The van der Waals surface area contributed by atoms with E-state index in [0.29, 0.717) is 6.04 Å². The Bertz CT molecular complexity index is 631. The number of nitrogens with one attached hydrogen (secondary N) is 1. The smallest absolute Gasteiger partial charge is 0.240 e. The molecule has 5 nitrogen and oxygen atoms in total. The first-order valence-electron chi connectivity index (χ1n) is 7.98. The number of carbonyl (C=O) groups is 1. The van der Waals surface area contributed by atoms with Gasteiger partial charge in [0.15, 0.2) is 0 Å². The molecule has 1 saturated heterocycles. The van der Waals surface area contributed by atoms with Crippen LogP contribution in [0.1, 0.15) is 39.0 Å². The first-order chi connectivity index (χ1) is 10.9. The van der Waals surface area contributed by atoms with Crippen LogP contribution in [-0.2, 0) is 14.8 Å². The molecule has 0 radical (unpaired) electrons. The van der Waals surface area contributed by atoms with Gasteiger partial charge in [0.1, 0.15) is 0 Å². The van der Waals surface area contributed by atoms with Crippen LogP contribution >= 0.6 is 15.9 Å². The number of carbonyl (C=O) groups excluding carboxylic acids is 1. The van der Waals surface area contributed by atoms with Gasteiger partial charge in [0.05, 0.1) is 4.90 Å². The number of halogens is 1. The fourth-order valence-electron chi connectivity index (χ4n) is 2.89. The lowest BCUT2D eigenvalue weighted by Crippen LogP contribution is -2.44. The number of amides is 1. The van der Waals surface area contributed by atoms with E-state index in [1.165, 1.54) is 18.6 Å². The molecule has 1 N–H and O–H groups in total. The minimum absolute atomic E-state index is 0.0371. The van der Waals surface area contributed by atoms with Gasteiger partial charge >= 0.3 is 0 Å². The van der Waals surface area contributed by atoms with Crippen LogP contribution in [0.15, 0.2) is 33.6 Å². The van der Waals surface area contributed by atoms with Crippen molar-refractivity contribution < 1.29 is 13.2 Å². The van der Waals surface area contributed by atoms with E-state index in [-0.39, 0.29) is 23.8 Å². The standard InChI is InChI=1S/C16H23BrN2O3S/c1-2-14-5-3-4-12-19(14)16(20)10-11-18-23(21,22)15-8-6-13(17)7-9-15/h6-9,14,18H,2-5,10-12H2,1H3. The third-order valence-electron chi connectivity index (χ3n) is 4.17. The van der Waals surface area contributed by atoms with Crippen LogP contribution < -0.4 is 4.72 Å². The van der Waals surface area contributed by atoms with Gasteiger partial charge in [-0.2, -0.15) is 0 Å². The highest BCUT2D eigenvalue weighted by molar-refractivity contribution is 9.10. The number of hydrogen-bond acceptors (Lipinski definition) is 3. The number of likely N-dealkylation sites (tertiary alicyclic amines) is 1. The van der Waals surface area contributed by atoms with E-state index in [9.17, 15) is 13.2 Å². The summed E-state index contributed by atoms with van der Waals surface area (Å²) in [6.45, 7) is 3.01. The molecule has 1 aliphatic heterocycles. The van der Waals surface area contributed by atoms with Gasteiger partial charge in [0.25, 0.3) is 0 Å². The molecule has 1 aromatic carbocycles. The molecule has 7 heteroatoms. The Morgan fingerprint density at radius 1 is 1.30 bits per heavy atom. The summed E-state index contributed by atoms with van der Waals surface area (Å²) >= 11 is 3.27. The van der Waals surface area contributed by atoms with E-state index < -0.39 is 10.0 Å². The molecule has 23 heavy (non-hydrogen) atoms. The predicted octanol–water partition coefficient (Wildman–Crippen LogP) is 2.91. The molecule has 1 atom stereocenters. The van der Waals surface area contributed by atoms with Gasteiger partial charge < -0.3 is 4.90 Å². The maximum atomic E-state index is 12.3. The van der Waals surface area contributed by atoms with Gasteiger partial charge in [-0.15, -0.1) is 0 Å². The third-order valence-corrected chi connectivity index (χ3v) is 6.18. The van der Waals surface area contributed by atoms with E-state index in [1.54, 1.807) is 12.1 Å². The molecular weight excluding hydrogens is 380 g/mol. The van der Waals surface area contributed by atoms with Crippen LogP contribution in [0.4, 0.5) is 0 Å². The second-order valence-corrected chi connectivity index (χ2v) is 8.43. The molecule has 0 aliphatic carbocycles. The number of nitrogens with zero attached hydrogens (tertiary/aromatic N) is 1. The minimum Gasteiger partial charge on any atom is -0.340 e. The summed E-state index contributed by atoms with van der Waals surface area (Å²) in [6, 6.07) is 6.73. The average Bonchev–Trinajstić information content (AvgIpc) is 2.55. The lowest BCUT2D eigenvalue weighted by Gasteiger charge is -2.35. The van der Waals surface area contributed by atoms with Crippen molar-refractivity contribution in [2.75, 3.05) is 13.1 Å². The van der Waals surface area contributed by atoms with E-state index in [4.69, 9.17) is 0 Å². The summed E-state index contributed by atoms with van der Waals surface area (Å²) < 4.78 is 27.7. The zero-order valence-electron chi connectivity index (χ0n) is 13.3. The van der Waals surface area contributed by atoms with Crippen molar-refractivity contribution >= 4 is 31.9 Å². The van der Waals surface area contributed by atoms with Crippen LogP contribution in [-0.4, -0.2) is 38.4 Å². The Hall–Kier alpha value is -0.920. The quantitative estimate of drug-likeness (QED) is 0.795. The zero-order chi connectivity index (χ0) is 16.9. The largest absolute Gasteiger partial charge is 0.340 e. The SMILES string of the molecule is CCC1CCCCN1C(=O)CCNS(=O)(=O)c1ccc(Br)cc1. The van der Waals surface area contributed by atoms with Crippen LogP contribution in [0, 0.1) is 0 Å². The van der Waals surface area contributed by atoms with Crippen molar-refractivity contribution in [2.45, 2.75) is 50.0 Å². The number of rotatable bonds is 6. The van der Waals surface area contributed by atoms with Gasteiger partial charge in [0, 0.05) is 30.0 Å². The van der Waals surface area contributed by atoms with Crippen molar-refractivity contribution in [3.63, 3.8) is 0 Å². The van der Waals surface area contributed by atoms with Crippen molar-refractivity contribution in [1.82, 2.24) is 9.62 Å². The lowest BCUT2D eigenvalue weighted by atomic mass is 9.99. The summed E-state index contributed by atoms with van der Waals surface area (Å²) in [6.07, 6.45) is 4.40. The van der Waals surface area contributed by atoms with Crippen LogP contribution in [0.25, 0.3) is 0 Å². The predicted molar refractivity (Wildman–Crippen MR) is 93.6 cm³/mol. The van der Waals surface area contributed by atoms with Gasteiger partial charge in [-0.3, -0.25) is 4.79 Å². The molecule has 1 heterocycles. The normalized spacial score (nSPS) is 18.9. The summed E-state index contributed by atoms with van der Waals surface area (Å²) in [5, 5.41) is 0. The molecule has 0 spiro atoms. The van der Waals surface area contributed by atoms with E-state index in [2.05, 4.69) is 27.6 Å². The molecule has 1 unspecified atom stereocenters. The number of hydrogen-bond donors (Lipinski definition) is 1. The fraction of sp³-hybridized carbons (Fsp3) is 0.562. The fourth-order valence-corrected chi connectivity index (χ4v) is 4.18. The molecule has 0 saturated carbocycles. The first-order valence-corrected chi connectivity index (χ1v) is 10.3. The average molecular weight is 403 g/mol. The summed E-state index contributed by atoms with van der Waals surface area (Å²) in [5.41, 5.74) is 0. The molecule has 0 aromatic heterocycles. The Kier molecular flexibility index (Phi) is 6.61. The minimum atomic E-state index is -3.56. The zero-order valence-corrected chi connectivity index (χ0v) is 15.7. The molecule has 0 bridgehead atoms. The monoisotopic (exact) mass is 402 g/mol. The Balaban J connectivity index is 1.88. The number of piperidine rings is 1. The van der Waals surface area contributed by atoms with Gasteiger partial charge in [-0.1, -0.05) is 22.9 Å². The summed E-state index contributed by atoms with van der Waals surface area (Å²) in [5.74, 6) is 0.0371. The van der Waals surface area contributed by atoms with Crippen molar-refractivity contribution in [2.24, 2.45) is 0 Å². The lowest BCUT2D eigenvalue weighted by molar-refractivity contribution is -0.134. The second-order valence-electron chi connectivity index (χ2n) is 5.75. The summed E-state index contributed by atoms with van der Waals surface area (Å²) in [4.78, 5) is 14.4. The highest BCUT2D eigenvalue weighted by Crippen LogP contribution is 2.20. The number of benzene rings is 1. The molecule has 2 rings (SSSR count). The molecular formula is C16H23BrN2O3S. The first kappa shape index (κ1) is 18.4. The maximum absolute atomic E-state index is 12.3. The van der Waals surface area contributed by atoms with E-state index >= 15 is 0 Å². The van der Waals surface area contributed by atoms with Crippen molar-refractivity contribution in [1.29, 1.82) is 0 Å². The molecule has 1 aromatic rings. The molecule has 1 fully saturated rings. The van der Waals surface area contributed by atoms with Crippen molar-refractivity contribution in [3.05, 3.63) is 28.7 Å². The Morgan fingerprint density at radius 3 is 2.65 bits per heavy atom. The molecule has 1 aliphatic rings. The van der Waals surface area contributed by atoms with Crippen molar-refractivity contribution in [3.8, 4) is 0 Å². The molecule has 1 amide bonds. The van der Waals surface area contributed by atoms with Gasteiger partial charge in [-0.25, -0.2) is 13.1 Å². The second kappa shape index (κ2) is 8.26. The maximum Gasteiger partial charge on any atom is 0.240 e. The Labute approximate surface area is 146 Å².